The highest BCUT2D eigenvalue weighted by molar-refractivity contribution is 5.69. The standard InChI is InChI=1S/C24H46O4.C8H18/c1-3-5-6-7-14-17-20-24(26)28-22-19-16-13-11-9-8-10-12-15-18-21-27-23(25)4-2;1-3-5-7-8-6-4-2/h3-22H2,1-2H3;3-8H2,1-2H3. The van der Waals surface area contributed by atoms with Crippen LogP contribution < -0.4 is 0 Å². The van der Waals surface area contributed by atoms with Crippen molar-refractivity contribution < 1.29 is 19.1 Å². The minimum absolute atomic E-state index is 0.0139. The van der Waals surface area contributed by atoms with Gasteiger partial charge >= 0.3 is 11.9 Å². The van der Waals surface area contributed by atoms with Gasteiger partial charge in [-0.1, -0.05) is 150 Å². The lowest BCUT2D eigenvalue weighted by Crippen LogP contribution is -2.05. The van der Waals surface area contributed by atoms with Crippen molar-refractivity contribution in [1.29, 1.82) is 0 Å². The SMILES string of the molecule is CCCCCCCC.CCCCCCCCC(=O)OCCCCCCCCCCCCOC(=O)CC. The van der Waals surface area contributed by atoms with Crippen molar-refractivity contribution in [2.24, 2.45) is 0 Å². The first-order valence-corrected chi connectivity index (χ1v) is 15.9. The number of ether oxygens (including phenoxy) is 2. The van der Waals surface area contributed by atoms with E-state index in [1.54, 1.807) is 0 Å². The normalized spacial score (nSPS) is 10.6. The van der Waals surface area contributed by atoms with Crippen molar-refractivity contribution in [3.8, 4) is 0 Å². The number of hydrogen-bond donors (Lipinski definition) is 0. The molecule has 0 rings (SSSR count). The summed E-state index contributed by atoms with van der Waals surface area (Å²) >= 11 is 0. The quantitative estimate of drug-likeness (QED) is 0.0854. The van der Waals surface area contributed by atoms with Gasteiger partial charge in [-0.05, 0) is 19.3 Å². The first-order valence-electron chi connectivity index (χ1n) is 15.9. The van der Waals surface area contributed by atoms with Crippen LogP contribution in [0.5, 0.6) is 0 Å². The maximum absolute atomic E-state index is 11.6. The second-order valence-corrected chi connectivity index (χ2v) is 10.3. The Hall–Kier alpha value is -1.06. The Balaban J connectivity index is 0. The number of esters is 2. The lowest BCUT2D eigenvalue weighted by atomic mass is 10.1. The topological polar surface area (TPSA) is 52.6 Å². The van der Waals surface area contributed by atoms with E-state index in [9.17, 15) is 9.59 Å². The lowest BCUT2D eigenvalue weighted by Gasteiger charge is -2.05. The Kier molecular flexibility index (Phi) is 35.0. The third kappa shape index (κ3) is 35.1. The van der Waals surface area contributed by atoms with Gasteiger partial charge in [0, 0.05) is 12.8 Å². The van der Waals surface area contributed by atoms with Gasteiger partial charge in [-0.25, -0.2) is 0 Å². The molecule has 0 unspecified atom stereocenters. The Morgan fingerprint density at radius 3 is 1.06 bits per heavy atom. The Morgan fingerprint density at radius 1 is 0.389 bits per heavy atom. The van der Waals surface area contributed by atoms with Crippen molar-refractivity contribution in [1.82, 2.24) is 0 Å². The van der Waals surface area contributed by atoms with Crippen LogP contribution in [-0.4, -0.2) is 25.2 Å². The number of hydrogen-bond acceptors (Lipinski definition) is 4. The predicted octanol–water partition coefficient (Wildman–Crippen LogP) is 10.5. The minimum Gasteiger partial charge on any atom is -0.466 e. The van der Waals surface area contributed by atoms with Crippen molar-refractivity contribution >= 4 is 11.9 Å². The van der Waals surface area contributed by atoms with Gasteiger partial charge in [0.05, 0.1) is 13.2 Å². The zero-order chi connectivity index (χ0) is 27.0. The molecule has 0 spiro atoms. The van der Waals surface area contributed by atoms with Crippen molar-refractivity contribution in [3.63, 3.8) is 0 Å². The van der Waals surface area contributed by atoms with Gasteiger partial charge in [0.15, 0.2) is 0 Å². The van der Waals surface area contributed by atoms with Gasteiger partial charge in [-0.15, -0.1) is 0 Å². The van der Waals surface area contributed by atoms with Crippen molar-refractivity contribution in [3.05, 3.63) is 0 Å². The summed E-state index contributed by atoms with van der Waals surface area (Å²) in [5, 5.41) is 0. The van der Waals surface area contributed by atoms with E-state index in [4.69, 9.17) is 9.47 Å². The molecule has 0 saturated heterocycles. The maximum Gasteiger partial charge on any atom is 0.305 e. The van der Waals surface area contributed by atoms with E-state index in [1.165, 1.54) is 103 Å². The second kappa shape index (κ2) is 33.9. The number of carbonyl (C=O) groups excluding carboxylic acids is 2. The predicted molar refractivity (Wildman–Crippen MR) is 155 cm³/mol. The highest BCUT2D eigenvalue weighted by Gasteiger charge is 2.02. The molecule has 0 aromatic rings. The molecule has 0 fully saturated rings. The van der Waals surface area contributed by atoms with Gasteiger partial charge in [0.2, 0.25) is 0 Å². The minimum atomic E-state index is -0.0902. The molecule has 36 heavy (non-hydrogen) atoms. The summed E-state index contributed by atoms with van der Waals surface area (Å²) in [6, 6.07) is 0. The first-order chi connectivity index (χ1) is 17.6. The van der Waals surface area contributed by atoms with Crippen LogP contribution in [0.25, 0.3) is 0 Å². The second-order valence-electron chi connectivity index (χ2n) is 10.3. The Morgan fingerprint density at radius 2 is 0.694 bits per heavy atom. The molecule has 0 aromatic heterocycles. The fraction of sp³-hybridized carbons (Fsp3) is 0.938. The van der Waals surface area contributed by atoms with E-state index >= 15 is 0 Å². The molecule has 216 valence electrons. The van der Waals surface area contributed by atoms with Gasteiger partial charge in [-0.2, -0.15) is 0 Å². The summed E-state index contributed by atoms with van der Waals surface area (Å²) in [6.07, 6.45) is 28.7. The van der Waals surface area contributed by atoms with Gasteiger partial charge < -0.3 is 9.47 Å². The van der Waals surface area contributed by atoms with Gasteiger partial charge in [-0.3, -0.25) is 9.59 Å². The third-order valence-corrected chi connectivity index (χ3v) is 6.55. The van der Waals surface area contributed by atoms with Crippen LogP contribution in [0.4, 0.5) is 0 Å². The fourth-order valence-corrected chi connectivity index (χ4v) is 4.07. The molecular weight excluding hydrogens is 448 g/mol. The Bertz CT molecular complexity index is 430. The Labute approximate surface area is 226 Å². The molecule has 0 heterocycles. The van der Waals surface area contributed by atoms with E-state index in [0.717, 1.165) is 38.5 Å². The van der Waals surface area contributed by atoms with Gasteiger partial charge in [0.25, 0.3) is 0 Å². The smallest absolute Gasteiger partial charge is 0.305 e. The van der Waals surface area contributed by atoms with Crippen LogP contribution >= 0.6 is 0 Å². The van der Waals surface area contributed by atoms with E-state index in [1.807, 2.05) is 6.92 Å². The zero-order valence-electron chi connectivity index (χ0n) is 25.0. The molecule has 4 nitrogen and oxygen atoms in total. The average molecular weight is 513 g/mol. The summed E-state index contributed by atoms with van der Waals surface area (Å²) < 4.78 is 10.4. The van der Waals surface area contributed by atoms with Crippen molar-refractivity contribution in [2.75, 3.05) is 13.2 Å². The molecule has 0 N–H and O–H groups in total. The van der Waals surface area contributed by atoms with Gasteiger partial charge in [0.1, 0.15) is 0 Å². The van der Waals surface area contributed by atoms with Crippen LogP contribution in [0.3, 0.4) is 0 Å². The molecule has 0 aliphatic carbocycles. The van der Waals surface area contributed by atoms with Crippen LogP contribution in [-0.2, 0) is 19.1 Å². The molecule has 0 bridgehead atoms. The molecular formula is C32H64O4. The summed E-state index contributed by atoms with van der Waals surface area (Å²) in [5.74, 6) is -0.104. The highest BCUT2D eigenvalue weighted by Crippen LogP contribution is 2.11. The largest absolute Gasteiger partial charge is 0.466 e. The van der Waals surface area contributed by atoms with Crippen molar-refractivity contribution in [2.45, 2.75) is 182 Å². The number of unbranched alkanes of at least 4 members (excludes halogenated alkanes) is 19. The molecule has 0 aromatic carbocycles. The molecule has 4 heteroatoms. The fourth-order valence-electron chi connectivity index (χ4n) is 4.07. The molecule has 0 saturated carbocycles. The molecule has 0 radical (unpaired) electrons. The lowest BCUT2D eigenvalue weighted by molar-refractivity contribution is -0.144. The highest BCUT2D eigenvalue weighted by atomic mass is 16.5. The first kappa shape index (κ1) is 37.1. The maximum atomic E-state index is 11.6. The summed E-state index contributed by atoms with van der Waals surface area (Å²) in [5.41, 5.74) is 0. The third-order valence-electron chi connectivity index (χ3n) is 6.55. The number of carbonyl (C=O) groups is 2. The molecule has 0 aliphatic rings. The molecule has 0 amide bonds. The summed E-state index contributed by atoms with van der Waals surface area (Å²) in [7, 11) is 0. The van der Waals surface area contributed by atoms with Crippen LogP contribution in [0.2, 0.25) is 0 Å². The monoisotopic (exact) mass is 512 g/mol. The number of rotatable bonds is 26. The molecule has 0 aliphatic heterocycles. The van der Waals surface area contributed by atoms with Crippen LogP contribution in [0.1, 0.15) is 182 Å². The van der Waals surface area contributed by atoms with E-state index in [-0.39, 0.29) is 11.9 Å². The zero-order valence-corrected chi connectivity index (χ0v) is 25.0. The van der Waals surface area contributed by atoms with E-state index in [2.05, 4.69) is 20.8 Å². The average Bonchev–Trinajstić information content (AvgIpc) is 2.89. The van der Waals surface area contributed by atoms with E-state index < -0.39 is 0 Å². The van der Waals surface area contributed by atoms with Crippen LogP contribution in [0, 0.1) is 0 Å². The molecule has 0 atom stereocenters. The van der Waals surface area contributed by atoms with E-state index in [0.29, 0.717) is 26.1 Å². The summed E-state index contributed by atoms with van der Waals surface area (Å²) in [6.45, 7) is 9.73. The summed E-state index contributed by atoms with van der Waals surface area (Å²) in [4.78, 5) is 22.6. The van der Waals surface area contributed by atoms with Crippen LogP contribution in [0.15, 0.2) is 0 Å².